The number of hydrogen-bond acceptors (Lipinski definition) is 6. The Morgan fingerprint density at radius 1 is 1.06 bits per heavy atom. The first kappa shape index (κ1) is 24.6. The topological polar surface area (TPSA) is 111 Å². The van der Waals surface area contributed by atoms with Crippen molar-refractivity contribution in [3.63, 3.8) is 0 Å². The van der Waals surface area contributed by atoms with Crippen LogP contribution in [0.4, 0.5) is 0 Å². The van der Waals surface area contributed by atoms with Crippen LogP contribution in [-0.4, -0.2) is 48.9 Å². The molecule has 176 valence electrons. The summed E-state index contributed by atoms with van der Waals surface area (Å²) in [7, 11) is 1.58. The monoisotopic (exact) mass is 452 g/mol. The highest BCUT2D eigenvalue weighted by Crippen LogP contribution is 2.29. The number of carbonyl (C=O) groups is 3. The lowest BCUT2D eigenvalue weighted by molar-refractivity contribution is -0.133. The summed E-state index contributed by atoms with van der Waals surface area (Å²) in [6.07, 6.45) is 0.685. The Balaban J connectivity index is 1.79. The summed E-state index contributed by atoms with van der Waals surface area (Å²) in [6, 6.07) is 15.4. The van der Waals surface area contributed by atoms with Crippen LogP contribution in [0.15, 0.2) is 54.6 Å². The Hall–Kier alpha value is -3.03. The van der Waals surface area contributed by atoms with Crippen LogP contribution < -0.4 is 15.8 Å². The summed E-state index contributed by atoms with van der Waals surface area (Å²) in [5.74, 6) is -0.666. The third-order valence-corrected chi connectivity index (χ3v) is 5.98. The third kappa shape index (κ3) is 6.73. The van der Waals surface area contributed by atoms with E-state index in [2.05, 4.69) is 5.32 Å². The van der Waals surface area contributed by atoms with E-state index in [-0.39, 0.29) is 23.9 Å². The Morgan fingerprint density at radius 2 is 1.67 bits per heavy atom. The lowest BCUT2D eigenvalue weighted by atomic mass is 9.90. The van der Waals surface area contributed by atoms with Gasteiger partial charge in [0.1, 0.15) is 17.1 Å². The molecule has 1 aliphatic rings. The van der Waals surface area contributed by atoms with Gasteiger partial charge in [-0.25, -0.2) is 0 Å². The molecule has 0 saturated carbocycles. The van der Waals surface area contributed by atoms with Gasteiger partial charge in [-0.1, -0.05) is 42.5 Å². The number of amides is 1. The van der Waals surface area contributed by atoms with Crippen LogP contribution in [0.2, 0.25) is 0 Å². The van der Waals surface area contributed by atoms with Crippen LogP contribution in [0.3, 0.4) is 0 Å². The molecular formula is C26H32N2O5. The number of Topliss-reactive ketones (excluding diaryl/α,β-unsaturated/α-hetero) is 2. The zero-order chi connectivity index (χ0) is 24.0. The summed E-state index contributed by atoms with van der Waals surface area (Å²) in [4.78, 5) is 38.9. The lowest BCUT2D eigenvalue weighted by Gasteiger charge is -2.24. The molecule has 4 atom stereocenters. The first-order chi connectivity index (χ1) is 15.7. The molecule has 7 nitrogen and oxygen atoms in total. The highest BCUT2D eigenvalue weighted by Gasteiger charge is 2.50. The maximum atomic E-state index is 13.4. The van der Waals surface area contributed by atoms with Gasteiger partial charge < -0.3 is 20.5 Å². The maximum absolute atomic E-state index is 13.4. The molecule has 1 amide bonds. The van der Waals surface area contributed by atoms with Gasteiger partial charge in [0.15, 0.2) is 5.78 Å². The zero-order valence-electron chi connectivity index (χ0n) is 19.4. The number of methoxy groups -OCH3 is 1. The molecule has 0 aliphatic carbocycles. The lowest BCUT2D eigenvalue weighted by Crippen LogP contribution is -2.50. The molecule has 0 bridgehead atoms. The van der Waals surface area contributed by atoms with E-state index < -0.39 is 23.6 Å². The number of ether oxygens (including phenoxy) is 2. The van der Waals surface area contributed by atoms with Gasteiger partial charge in [-0.15, -0.1) is 0 Å². The maximum Gasteiger partial charge on any atom is 0.224 e. The molecule has 1 aliphatic heterocycles. The van der Waals surface area contributed by atoms with Gasteiger partial charge in [0.05, 0.1) is 25.8 Å². The van der Waals surface area contributed by atoms with Crippen LogP contribution in [-0.2, 0) is 32.0 Å². The second-order valence-corrected chi connectivity index (χ2v) is 8.84. The van der Waals surface area contributed by atoms with E-state index in [4.69, 9.17) is 15.2 Å². The molecule has 1 unspecified atom stereocenters. The van der Waals surface area contributed by atoms with Gasteiger partial charge in [-0.3, -0.25) is 14.4 Å². The standard InChI is InChI=1S/C26H32N2O5/c1-17(27)23(29)15-20(13-19-9-11-21(32-3)12-10-19)25(31)28-22(24(30)26(2)16-33-26)14-18-7-5-4-6-8-18/h4-12,17,20,22H,13-16,27H2,1-3H3,(H,28,31)/t17-,20+,22-,26?/m0/s1. The second kappa shape index (κ2) is 10.7. The van der Waals surface area contributed by atoms with Crippen molar-refractivity contribution in [1.82, 2.24) is 5.32 Å². The molecule has 0 aromatic heterocycles. The van der Waals surface area contributed by atoms with Crippen molar-refractivity contribution in [2.75, 3.05) is 13.7 Å². The van der Waals surface area contributed by atoms with Gasteiger partial charge in [-0.05, 0) is 49.9 Å². The summed E-state index contributed by atoms with van der Waals surface area (Å²) >= 11 is 0. The molecule has 0 radical (unpaired) electrons. The third-order valence-electron chi connectivity index (χ3n) is 5.98. The van der Waals surface area contributed by atoms with E-state index in [1.54, 1.807) is 21.0 Å². The van der Waals surface area contributed by atoms with E-state index in [0.29, 0.717) is 25.2 Å². The Bertz CT molecular complexity index is 968. The summed E-state index contributed by atoms with van der Waals surface area (Å²) < 4.78 is 10.5. The number of rotatable bonds is 12. The van der Waals surface area contributed by atoms with Crippen molar-refractivity contribution in [3.05, 3.63) is 65.7 Å². The summed E-state index contributed by atoms with van der Waals surface area (Å²) in [5.41, 5.74) is 6.70. The predicted molar refractivity (Wildman–Crippen MR) is 125 cm³/mol. The average molecular weight is 453 g/mol. The van der Waals surface area contributed by atoms with Crippen molar-refractivity contribution in [2.45, 2.75) is 50.8 Å². The van der Waals surface area contributed by atoms with E-state index in [0.717, 1.165) is 11.1 Å². The van der Waals surface area contributed by atoms with Crippen molar-refractivity contribution >= 4 is 17.5 Å². The fourth-order valence-corrected chi connectivity index (χ4v) is 3.70. The van der Waals surface area contributed by atoms with E-state index >= 15 is 0 Å². The number of epoxide rings is 1. The predicted octanol–water partition coefficient (Wildman–Crippen LogP) is 2.25. The number of nitrogens with one attached hydrogen (secondary N) is 1. The number of nitrogens with two attached hydrogens (primary N) is 1. The van der Waals surface area contributed by atoms with E-state index in [9.17, 15) is 14.4 Å². The molecule has 2 aromatic carbocycles. The van der Waals surface area contributed by atoms with Gasteiger partial charge in [0, 0.05) is 12.3 Å². The SMILES string of the molecule is COc1ccc(C[C@H](CC(=O)[C@H](C)N)C(=O)N[C@@H](Cc2ccccc2)C(=O)C2(C)CO2)cc1. The minimum Gasteiger partial charge on any atom is -0.497 e. The van der Waals surface area contributed by atoms with Crippen LogP contribution in [0.25, 0.3) is 0 Å². The van der Waals surface area contributed by atoms with Crippen molar-refractivity contribution in [2.24, 2.45) is 11.7 Å². The zero-order valence-corrected chi connectivity index (χ0v) is 19.4. The average Bonchev–Trinajstić information content (AvgIpc) is 3.57. The highest BCUT2D eigenvalue weighted by atomic mass is 16.6. The molecule has 0 spiro atoms. The van der Waals surface area contributed by atoms with Crippen LogP contribution in [0.1, 0.15) is 31.4 Å². The van der Waals surface area contributed by atoms with Gasteiger partial charge >= 0.3 is 0 Å². The first-order valence-corrected chi connectivity index (χ1v) is 11.2. The number of ketones is 2. The van der Waals surface area contributed by atoms with Crippen molar-refractivity contribution in [3.8, 4) is 5.75 Å². The second-order valence-electron chi connectivity index (χ2n) is 8.84. The minimum atomic E-state index is -0.875. The normalized spacial score (nSPS) is 19.8. The van der Waals surface area contributed by atoms with E-state index in [1.165, 1.54) is 0 Å². The summed E-state index contributed by atoms with van der Waals surface area (Å²) in [6.45, 7) is 3.68. The quantitative estimate of drug-likeness (QED) is 0.478. The van der Waals surface area contributed by atoms with Gasteiger partial charge in [0.25, 0.3) is 0 Å². The minimum absolute atomic E-state index is 0.00442. The first-order valence-electron chi connectivity index (χ1n) is 11.2. The molecule has 1 fully saturated rings. The molecule has 3 N–H and O–H groups in total. The molecule has 1 heterocycles. The Morgan fingerprint density at radius 3 is 2.21 bits per heavy atom. The smallest absolute Gasteiger partial charge is 0.224 e. The fraction of sp³-hybridized carbons (Fsp3) is 0.423. The van der Waals surface area contributed by atoms with Gasteiger partial charge in [0.2, 0.25) is 5.91 Å². The highest BCUT2D eigenvalue weighted by molar-refractivity contribution is 5.97. The largest absolute Gasteiger partial charge is 0.497 e. The molecule has 3 rings (SSSR count). The number of hydrogen-bond donors (Lipinski definition) is 2. The Kier molecular flexibility index (Phi) is 8.00. The van der Waals surface area contributed by atoms with Crippen molar-refractivity contribution in [1.29, 1.82) is 0 Å². The van der Waals surface area contributed by atoms with Crippen LogP contribution in [0, 0.1) is 5.92 Å². The Labute approximate surface area is 194 Å². The van der Waals surface area contributed by atoms with Gasteiger partial charge in [-0.2, -0.15) is 0 Å². The van der Waals surface area contributed by atoms with Crippen LogP contribution >= 0.6 is 0 Å². The molecular weight excluding hydrogens is 420 g/mol. The number of benzene rings is 2. The van der Waals surface area contributed by atoms with Crippen molar-refractivity contribution < 1.29 is 23.9 Å². The number of carbonyl (C=O) groups excluding carboxylic acids is 3. The van der Waals surface area contributed by atoms with E-state index in [1.807, 2.05) is 54.6 Å². The van der Waals surface area contributed by atoms with Crippen LogP contribution in [0.5, 0.6) is 5.75 Å². The summed E-state index contributed by atoms with van der Waals surface area (Å²) in [5, 5.41) is 2.91. The molecule has 7 heteroatoms. The molecule has 33 heavy (non-hydrogen) atoms. The fourth-order valence-electron chi connectivity index (χ4n) is 3.70. The molecule has 2 aromatic rings. The molecule has 1 saturated heterocycles.